The maximum absolute atomic E-state index is 9.33. The van der Waals surface area contributed by atoms with Crippen LogP contribution >= 0.6 is 0 Å². The van der Waals surface area contributed by atoms with E-state index in [1.807, 2.05) is 30.3 Å². The van der Waals surface area contributed by atoms with Gasteiger partial charge in [0.2, 0.25) is 0 Å². The largest absolute Gasteiger partial charge is 0.193 e. The van der Waals surface area contributed by atoms with Crippen molar-refractivity contribution >= 4 is 5.57 Å². The van der Waals surface area contributed by atoms with Gasteiger partial charge in [-0.15, -0.1) is 0 Å². The van der Waals surface area contributed by atoms with Crippen LogP contribution < -0.4 is 0 Å². The van der Waals surface area contributed by atoms with E-state index in [1.165, 1.54) is 16.7 Å². The van der Waals surface area contributed by atoms with Gasteiger partial charge in [0.05, 0.1) is 6.07 Å². The molecule has 0 radical (unpaired) electrons. The summed E-state index contributed by atoms with van der Waals surface area (Å²) in [6, 6.07) is 23.0. The van der Waals surface area contributed by atoms with Crippen molar-refractivity contribution in [2.24, 2.45) is 0 Å². The Morgan fingerprint density at radius 3 is 2.15 bits per heavy atom. The predicted molar refractivity (Wildman–Crippen MR) is 81.9 cm³/mol. The van der Waals surface area contributed by atoms with Crippen LogP contribution in [0.25, 0.3) is 5.57 Å². The number of rotatable bonds is 2. The highest BCUT2D eigenvalue weighted by Gasteiger charge is 2.21. The van der Waals surface area contributed by atoms with Gasteiger partial charge in [0.25, 0.3) is 0 Å². The molecule has 0 N–H and O–H groups in total. The van der Waals surface area contributed by atoms with E-state index in [1.54, 1.807) is 0 Å². The van der Waals surface area contributed by atoms with Crippen LogP contribution in [0, 0.1) is 11.3 Å². The molecule has 1 aliphatic carbocycles. The molecule has 0 heterocycles. The molecular formula is C19H15N. The topological polar surface area (TPSA) is 23.8 Å². The van der Waals surface area contributed by atoms with Crippen LogP contribution in [0.15, 0.2) is 78.4 Å². The molecule has 2 aromatic carbocycles. The predicted octanol–water partition coefficient (Wildman–Crippen LogP) is 4.71. The minimum atomic E-state index is 0.168. The van der Waals surface area contributed by atoms with Crippen molar-refractivity contribution in [1.29, 1.82) is 5.26 Å². The van der Waals surface area contributed by atoms with E-state index < -0.39 is 0 Å². The average molecular weight is 257 g/mol. The third kappa shape index (κ3) is 2.41. The van der Waals surface area contributed by atoms with Crippen LogP contribution in [0.5, 0.6) is 0 Å². The molecule has 0 aliphatic heterocycles. The molecule has 1 aliphatic rings. The smallest absolute Gasteiger partial charge is 0.0953 e. The molecule has 1 heteroatoms. The first kappa shape index (κ1) is 12.4. The van der Waals surface area contributed by atoms with Crippen LogP contribution in [0.3, 0.4) is 0 Å². The van der Waals surface area contributed by atoms with E-state index in [0.29, 0.717) is 0 Å². The second-order valence-electron chi connectivity index (χ2n) is 4.96. The molecule has 1 unspecified atom stereocenters. The van der Waals surface area contributed by atoms with Gasteiger partial charge in [-0.25, -0.2) is 0 Å². The lowest BCUT2D eigenvalue weighted by Gasteiger charge is -2.22. The van der Waals surface area contributed by atoms with Gasteiger partial charge in [-0.3, -0.25) is 0 Å². The summed E-state index contributed by atoms with van der Waals surface area (Å²) in [6.07, 6.45) is 4.92. The lowest BCUT2D eigenvalue weighted by molar-refractivity contribution is 0.834. The van der Waals surface area contributed by atoms with Crippen molar-refractivity contribution in [2.75, 3.05) is 0 Å². The Labute approximate surface area is 119 Å². The lowest BCUT2D eigenvalue weighted by Crippen LogP contribution is -2.06. The van der Waals surface area contributed by atoms with Crippen molar-refractivity contribution in [1.82, 2.24) is 0 Å². The molecule has 2 aromatic rings. The van der Waals surface area contributed by atoms with E-state index in [0.717, 1.165) is 12.0 Å². The summed E-state index contributed by atoms with van der Waals surface area (Å²) in [5, 5.41) is 9.33. The molecule has 0 spiro atoms. The molecule has 0 fully saturated rings. The molecule has 0 saturated heterocycles. The molecule has 1 nitrogen and oxygen atoms in total. The number of nitrogens with zero attached hydrogens (tertiary/aromatic N) is 1. The van der Waals surface area contributed by atoms with Gasteiger partial charge in [0.15, 0.2) is 0 Å². The van der Waals surface area contributed by atoms with Crippen molar-refractivity contribution < 1.29 is 0 Å². The van der Waals surface area contributed by atoms with Gasteiger partial charge in [-0.1, -0.05) is 66.7 Å². The van der Waals surface area contributed by atoms with Gasteiger partial charge in [-0.05, 0) is 29.2 Å². The van der Waals surface area contributed by atoms with E-state index >= 15 is 0 Å². The molecule has 0 aromatic heterocycles. The number of nitriles is 1. The highest BCUT2D eigenvalue weighted by atomic mass is 14.3. The van der Waals surface area contributed by atoms with Gasteiger partial charge >= 0.3 is 0 Å². The van der Waals surface area contributed by atoms with E-state index in [2.05, 4.69) is 48.5 Å². The summed E-state index contributed by atoms with van der Waals surface area (Å²) in [5.74, 6) is 0.168. The summed E-state index contributed by atoms with van der Waals surface area (Å²) < 4.78 is 0. The zero-order valence-corrected chi connectivity index (χ0v) is 11.2. The Morgan fingerprint density at radius 2 is 1.50 bits per heavy atom. The Morgan fingerprint density at radius 1 is 0.850 bits per heavy atom. The fourth-order valence-corrected chi connectivity index (χ4v) is 2.67. The van der Waals surface area contributed by atoms with Gasteiger partial charge in [-0.2, -0.15) is 5.26 Å². The van der Waals surface area contributed by atoms with Crippen molar-refractivity contribution in [3.8, 4) is 6.07 Å². The first-order valence-electron chi connectivity index (χ1n) is 6.79. The minimum absolute atomic E-state index is 0.168. The van der Waals surface area contributed by atoms with Crippen molar-refractivity contribution in [2.45, 2.75) is 12.3 Å². The highest BCUT2D eigenvalue weighted by Crippen LogP contribution is 2.37. The summed E-state index contributed by atoms with van der Waals surface area (Å²) in [5.41, 5.74) is 4.58. The molecule has 0 bridgehead atoms. The molecule has 0 amide bonds. The number of hydrogen-bond acceptors (Lipinski definition) is 1. The van der Waals surface area contributed by atoms with Crippen LogP contribution in [-0.2, 0) is 0 Å². The highest BCUT2D eigenvalue weighted by molar-refractivity contribution is 5.71. The maximum Gasteiger partial charge on any atom is 0.0953 e. The Kier molecular flexibility index (Phi) is 3.48. The SMILES string of the molecule is N#CC1=CC=C(c2ccccc2)CC1c1ccccc1. The molecule has 20 heavy (non-hydrogen) atoms. The second kappa shape index (κ2) is 5.59. The first-order valence-corrected chi connectivity index (χ1v) is 6.79. The van der Waals surface area contributed by atoms with Crippen LogP contribution in [0.4, 0.5) is 0 Å². The standard InChI is InChI=1S/C19H15N/c20-14-18-12-11-17(15-7-3-1-4-8-15)13-19(18)16-9-5-2-6-10-16/h1-12,19H,13H2. The first-order chi connectivity index (χ1) is 9.88. The Hall–Kier alpha value is -2.59. The fourth-order valence-electron chi connectivity index (χ4n) is 2.67. The van der Waals surface area contributed by atoms with Gasteiger partial charge in [0, 0.05) is 11.5 Å². The van der Waals surface area contributed by atoms with Gasteiger partial charge in [0.1, 0.15) is 0 Å². The van der Waals surface area contributed by atoms with Crippen LogP contribution in [0.2, 0.25) is 0 Å². The number of allylic oxidation sites excluding steroid dienone is 4. The van der Waals surface area contributed by atoms with Crippen LogP contribution in [0.1, 0.15) is 23.5 Å². The summed E-state index contributed by atoms with van der Waals surface area (Å²) in [6.45, 7) is 0. The summed E-state index contributed by atoms with van der Waals surface area (Å²) >= 11 is 0. The monoisotopic (exact) mass is 257 g/mol. The summed E-state index contributed by atoms with van der Waals surface area (Å²) in [7, 11) is 0. The third-order valence-corrected chi connectivity index (χ3v) is 3.74. The molecule has 1 atom stereocenters. The van der Waals surface area contributed by atoms with Crippen LogP contribution in [-0.4, -0.2) is 0 Å². The van der Waals surface area contributed by atoms with Crippen molar-refractivity contribution in [3.63, 3.8) is 0 Å². The number of hydrogen-bond donors (Lipinski definition) is 0. The average Bonchev–Trinajstić information content (AvgIpc) is 2.56. The lowest BCUT2D eigenvalue weighted by atomic mass is 9.81. The molecule has 96 valence electrons. The normalized spacial score (nSPS) is 17.9. The minimum Gasteiger partial charge on any atom is -0.193 e. The fraction of sp³-hybridized carbons (Fsp3) is 0.105. The number of benzene rings is 2. The summed E-state index contributed by atoms with van der Waals surface area (Å²) in [4.78, 5) is 0. The molecule has 0 saturated carbocycles. The van der Waals surface area contributed by atoms with E-state index in [4.69, 9.17) is 0 Å². The Bertz CT molecular complexity index is 688. The molecular weight excluding hydrogens is 242 g/mol. The zero-order chi connectivity index (χ0) is 13.8. The molecule has 3 rings (SSSR count). The second-order valence-corrected chi connectivity index (χ2v) is 4.96. The Balaban J connectivity index is 1.97. The third-order valence-electron chi connectivity index (χ3n) is 3.74. The maximum atomic E-state index is 9.33. The van der Waals surface area contributed by atoms with Gasteiger partial charge < -0.3 is 0 Å². The quantitative estimate of drug-likeness (QED) is 0.764. The van der Waals surface area contributed by atoms with E-state index in [9.17, 15) is 5.26 Å². The van der Waals surface area contributed by atoms with E-state index in [-0.39, 0.29) is 5.92 Å². The van der Waals surface area contributed by atoms with Crippen molar-refractivity contribution in [3.05, 3.63) is 89.5 Å². The zero-order valence-electron chi connectivity index (χ0n) is 11.2.